The van der Waals surface area contributed by atoms with E-state index in [-0.39, 0.29) is 12.0 Å². The van der Waals surface area contributed by atoms with Crippen LogP contribution in [0.3, 0.4) is 0 Å². The normalized spacial score (nSPS) is 15.9. The molecule has 170 valence electrons. The number of hydrogen-bond donors (Lipinski definition) is 2. The number of halogens is 1. The number of methoxy groups -OCH3 is 1. The molecule has 11 nitrogen and oxygen atoms in total. The van der Waals surface area contributed by atoms with Crippen molar-refractivity contribution in [2.45, 2.75) is 26.1 Å². The van der Waals surface area contributed by atoms with Crippen molar-refractivity contribution in [2.75, 3.05) is 43.6 Å². The molecule has 0 radical (unpaired) electrons. The number of H-pyrrole nitrogens is 1. The van der Waals surface area contributed by atoms with Gasteiger partial charge in [0.1, 0.15) is 5.82 Å². The minimum absolute atomic E-state index is 0.0799. The summed E-state index contributed by atoms with van der Waals surface area (Å²) in [6.07, 6.45) is 0.0658. The molecule has 4 rings (SSSR count). The molecule has 12 heteroatoms. The van der Waals surface area contributed by atoms with Gasteiger partial charge in [0, 0.05) is 32.0 Å². The second-order valence-corrected chi connectivity index (χ2v) is 7.28. The lowest BCUT2D eigenvalue weighted by atomic mass is 10.1. The summed E-state index contributed by atoms with van der Waals surface area (Å²) in [7, 11) is 1.56. The molecule has 0 aromatic carbocycles. The lowest BCUT2D eigenvalue weighted by Crippen LogP contribution is -2.37. The summed E-state index contributed by atoms with van der Waals surface area (Å²) in [4.78, 5) is 19.6. The zero-order chi connectivity index (χ0) is 22.5. The third kappa shape index (κ3) is 5.26. The van der Waals surface area contributed by atoms with Gasteiger partial charge in [0.15, 0.2) is 11.9 Å². The van der Waals surface area contributed by atoms with Crippen molar-refractivity contribution >= 4 is 17.7 Å². The standard InChI is InChI=1S/C20H25FN8O3/c1-12-10-16(28-27-12)23-18-24-19(29-6-8-31-9-7-29)26-20(25-18)32-17(13(2)30-3)15-5-4-14(21)11-22-15/h4-5,10-11,13,17H,6-9H2,1-3H3,(H2,23,24,25,26,27,28). The molecule has 1 saturated heterocycles. The van der Waals surface area contributed by atoms with Crippen LogP contribution in [0.1, 0.15) is 24.4 Å². The van der Waals surface area contributed by atoms with Crippen LogP contribution in [0, 0.1) is 12.7 Å². The lowest BCUT2D eigenvalue weighted by Gasteiger charge is -2.27. The summed E-state index contributed by atoms with van der Waals surface area (Å²) in [5.41, 5.74) is 1.38. The monoisotopic (exact) mass is 444 g/mol. The molecule has 32 heavy (non-hydrogen) atoms. The molecule has 0 amide bonds. The van der Waals surface area contributed by atoms with E-state index in [1.54, 1.807) is 13.2 Å². The Kier molecular flexibility index (Phi) is 6.71. The largest absolute Gasteiger partial charge is 0.451 e. The quantitative estimate of drug-likeness (QED) is 0.534. The van der Waals surface area contributed by atoms with Crippen molar-refractivity contribution in [1.82, 2.24) is 30.1 Å². The van der Waals surface area contributed by atoms with Crippen molar-refractivity contribution in [1.29, 1.82) is 0 Å². The predicted molar refractivity (Wildman–Crippen MR) is 114 cm³/mol. The molecule has 0 aliphatic carbocycles. The van der Waals surface area contributed by atoms with Gasteiger partial charge in [-0.05, 0) is 26.0 Å². The average molecular weight is 444 g/mol. The third-order valence-electron chi connectivity index (χ3n) is 4.92. The smallest absolute Gasteiger partial charge is 0.323 e. The Morgan fingerprint density at radius 3 is 2.69 bits per heavy atom. The number of aromatic nitrogens is 6. The van der Waals surface area contributed by atoms with Crippen LogP contribution in [0.25, 0.3) is 0 Å². The Morgan fingerprint density at radius 1 is 1.22 bits per heavy atom. The van der Waals surface area contributed by atoms with Crippen LogP contribution in [0.15, 0.2) is 24.4 Å². The van der Waals surface area contributed by atoms with E-state index in [4.69, 9.17) is 14.2 Å². The van der Waals surface area contributed by atoms with E-state index in [1.165, 1.54) is 6.07 Å². The van der Waals surface area contributed by atoms with Gasteiger partial charge in [0.25, 0.3) is 0 Å². The molecule has 0 spiro atoms. The second-order valence-electron chi connectivity index (χ2n) is 7.28. The van der Waals surface area contributed by atoms with Crippen LogP contribution in [0.5, 0.6) is 6.01 Å². The fourth-order valence-corrected chi connectivity index (χ4v) is 3.15. The maximum atomic E-state index is 13.4. The van der Waals surface area contributed by atoms with Gasteiger partial charge in [-0.25, -0.2) is 4.39 Å². The fourth-order valence-electron chi connectivity index (χ4n) is 3.15. The molecule has 4 heterocycles. The Labute approximate surface area is 184 Å². The van der Waals surface area contributed by atoms with Crippen molar-refractivity contribution in [2.24, 2.45) is 0 Å². The summed E-state index contributed by atoms with van der Waals surface area (Å²) >= 11 is 0. The Morgan fingerprint density at radius 2 is 2.03 bits per heavy atom. The number of anilines is 3. The molecule has 1 aliphatic rings. The lowest BCUT2D eigenvalue weighted by molar-refractivity contribution is 0.00605. The Bertz CT molecular complexity index is 1030. The highest BCUT2D eigenvalue weighted by atomic mass is 19.1. The number of rotatable bonds is 8. The van der Waals surface area contributed by atoms with Crippen LogP contribution >= 0.6 is 0 Å². The van der Waals surface area contributed by atoms with Crippen molar-refractivity contribution in [3.8, 4) is 6.01 Å². The summed E-state index contributed by atoms with van der Waals surface area (Å²) in [5.74, 6) is 0.852. The number of pyridine rings is 1. The molecule has 0 bridgehead atoms. The molecule has 3 aromatic rings. The van der Waals surface area contributed by atoms with E-state index < -0.39 is 18.0 Å². The first-order chi connectivity index (χ1) is 15.5. The van der Waals surface area contributed by atoms with Crippen LogP contribution in [0.2, 0.25) is 0 Å². The summed E-state index contributed by atoms with van der Waals surface area (Å²) in [6, 6.07) is 4.78. The number of nitrogens with one attached hydrogen (secondary N) is 2. The summed E-state index contributed by atoms with van der Waals surface area (Å²) < 4.78 is 30.4. The van der Waals surface area contributed by atoms with Gasteiger partial charge in [0.2, 0.25) is 11.9 Å². The zero-order valence-corrected chi connectivity index (χ0v) is 18.1. The Balaban J connectivity index is 1.66. The molecule has 0 saturated carbocycles. The fraction of sp³-hybridized carbons (Fsp3) is 0.450. The van der Waals surface area contributed by atoms with Gasteiger partial charge in [0.05, 0.1) is 31.2 Å². The van der Waals surface area contributed by atoms with E-state index in [2.05, 4.69) is 35.5 Å². The molecule has 2 N–H and O–H groups in total. The van der Waals surface area contributed by atoms with E-state index in [9.17, 15) is 4.39 Å². The van der Waals surface area contributed by atoms with Crippen molar-refractivity contribution in [3.63, 3.8) is 0 Å². The topological polar surface area (TPSA) is 123 Å². The van der Waals surface area contributed by atoms with Gasteiger partial charge >= 0.3 is 6.01 Å². The van der Waals surface area contributed by atoms with Gasteiger partial charge in [-0.2, -0.15) is 20.1 Å². The minimum Gasteiger partial charge on any atom is -0.451 e. The molecule has 1 fully saturated rings. The highest BCUT2D eigenvalue weighted by Gasteiger charge is 2.26. The maximum absolute atomic E-state index is 13.4. The van der Waals surface area contributed by atoms with Gasteiger partial charge in [-0.1, -0.05) is 0 Å². The van der Waals surface area contributed by atoms with Crippen LogP contribution < -0.4 is 15.0 Å². The highest BCUT2D eigenvalue weighted by molar-refractivity contribution is 5.50. The van der Waals surface area contributed by atoms with Crippen molar-refractivity contribution in [3.05, 3.63) is 41.6 Å². The number of morpholine rings is 1. The molecule has 3 aromatic heterocycles. The van der Waals surface area contributed by atoms with Crippen LogP contribution in [-0.4, -0.2) is 69.7 Å². The molecular formula is C20H25FN8O3. The van der Waals surface area contributed by atoms with E-state index in [0.717, 1.165) is 11.9 Å². The third-order valence-corrected chi connectivity index (χ3v) is 4.92. The van der Waals surface area contributed by atoms with Crippen LogP contribution in [0.4, 0.5) is 22.1 Å². The van der Waals surface area contributed by atoms with Crippen LogP contribution in [-0.2, 0) is 9.47 Å². The van der Waals surface area contributed by atoms with E-state index in [1.807, 2.05) is 24.8 Å². The maximum Gasteiger partial charge on any atom is 0.323 e. The van der Waals surface area contributed by atoms with E-state index >= 15 is 0 Å². The predicted octanol–water partition coefficient (Wildman–Crippen LogP) is 2.17. The molecule has 2 atom stereocenters. The second kappa shape index (κ2) is 9.83. The number of aryl methyl sites for hydroxylation is 1. The van der Waals surface area contributed by atoms with Gasteiger partial charge in [-0.3, -0.25) is 10.1 Å². The first-order valence-corrected chi connectivity index (χ1v) is 10.2. The van der Waals surface area contributed by atoms with E-state index in [0.29, 0.717) is 43.8 Å². The number of aromatic amines is 1. The summed E-state index contributed by atoms with van der Waals surface area (Å²) in [5, 5.41) is 10.1. The molecular weight excluding hydrogens is 419 g/mol. The van der Waals surface area contributed by atoms with Gasteiger partial charge in [-0.15, -0.1) is 0 Å². The minimum atomic E-state index is -0.666. The average Bonchev–Trinajstić information content (AvgIpc) is 3.22. The highest BCUT2D eigenvalue weighted by Crippen LogP contribution is 2.26. The zero-order valence-electron chi connectivity index (χ0n) is 18.1. The number of hydrogen-bond acceptors (Lipinski definition) is 10. The first-order valence-electron chi connectivity index (χ1n) is 10.2. The Hall–Kier alpha value is -3.38. The first kappa shape index (κ1) is 21.8. The van der Waals surface area contributed by atoms with Gasteiger partial charge < -0.3 is 24.4 Å². The summed E-state index contributed by atoms with van der Waals surface area (Å²) in [6.45, 7) is 6.15. The molecule has 1 aliphatic heterocycles. The number of nitrogens with zero attached hydrogens (tertiary/aromatic N) is 6. The number of ether oxygens (including phenoxy) is 3. The molecule has 2 unspecified atom stereocenters. The SMILES string of the molecule is COC(C)C(Oc1nc(Nc2cc(C)[nH]n2)nc(N2CCOCC2)n1)c1ccc(F)cn1. The van der Waals surface area contributed by atoms with Crippen molar-refractivity contribution < 1.29 is 18.6 Å².